The van der Waals surface area contributed by atoms with Gasteiger partial charge in [-0.05, 0) is 69.5 Å². The van der Waals surface area contributed by atoms with Crippen LogP contribution in [0.3, 0.4) is 0 Å². The molecular weight excluding hydrogens is 500 g/mol. The number of benzene rings is 2. The molecule has 0 bridgehead atoms. The minimum Gasteiger partial charge on any atom is -0.494 e. The quantitative estimate of drug-likeness (QED) is 0.222. The molecule has 0 aliphatic heterocycles. The molecule has 210 valence electrons. The number of hydrogen-bond donors (Lipinski definition) is 3. The van der Waals surface area contributed by atoms with E-state index in [1.807, 2.05) is 55.5 Å². The van der Waals surface area contributed by atoms with Gasteiger partial charge in [0.1, 0.15) is 11.6 Å². The predicted octanol–water partition coefficient (Wildman–Crippen LogP) is 5.00. The topological polar surface area (TPSA) is 88.4 Å². The first-order valence-electron chi connectivity index (χ1n) is 13.9. The Morgan fingerprint density at radius 3 is 2.48 bits per heavy atom. The van der Waals surface area contributed by atoms with E-state index < -0.39 is 6.10 Å². The van der Waals surface area contributed by atoms with Crippen LogP contribution >= 0.6 is 0 Å². The van der Waals surface area contributed by atoms with Gasteiger partial charge in [-0.25, -0.2) is 4.98 Å². The molecule has 2 aromatic carbocycles. The van der Waals surface area contributed by atoms with Gasteiger partial charge in [0.25, 0.3) is 0 Å². The SMILES string of the molecule is CCOc1ccccc1CNC(=O)Cc1cccc(C[C@@H](C)NC[C@H](O)c2ccc(-n3c(C)ccc3C)nc2)c1. The number of aryl methyl sites for hydroxylation is 2. The number of hydrogen-bond acceptors (Lipinski definition) is 5. The Kier molecular flexibility index (Phi) is 10.1. The summed E-state index contributed by atoms with van der Waals surface area (Å²) in [5, 5.41) is 17.2. The fourth-order valence-corrected chi connectivity index (χ4v) is 4.87. The van der Waals surface area contributed by atoms with E-state index in [2.05, 4.69) is 65.2 Å². The van der Waals surface area contributed by atoms with Crippen molar-refractivity contribution < 1.29 is 14.6 Å². The first-order chi connectivity index (χ1) is 19.3. The lowest BCUT2D eigenvalue weighted by atomic mass is 10.0. The van der Waals surface area contributed by atoms with Crippen molar-refractivity contribution in [1.29, 1.82) is 0 Å². The number of ether oxygens (including phenoxy) is 1. The zero-order chi connectivity index (χ0) is 28.5. The van der Waals surface area contributed by atoms with E-state index in [-0.39, 0.29) is 11.9 Å². The molecular formula is C33H40N4O3. The van der Waals surface area contributed by atoms with Crippen LogP contribution in [-0.2, 0) is 24.2 Å². The molecule has 0 saturated heterocycles. The minimum absolute atomic E-state index is 0.0283. The number of pyridine rings is 1. The summed E-state index contributed by atoms with van der Waals surface area (Å²) in [5.41, 5.74) is 6.11. The molecule has 7 heteroatoms. The third-order valence-corrected chi connectivity index (χ3v) is 6.96. The van der Waals surface area contributed by atoms with E-state index in [1.165, 1.54) is 0 Å². The van der Waals surface area contributed by atoms with E-state index in [0.29, 0.717) is 26.1 Å². The summed E-state index contributed by atoms with van der Waals surface area (Å²) in [6.45, 7) is 9.60. The molecule has 40 heavy (non-hydrogen) atoms. The zero-order valence-corrected chi connectivity index (χ0v) is 23.9. The smallest absolute Gasteiger partial charge is 0.224 e. The van der Waals surface area contributed by atoms with Gasteiger partial charge in [0, 0.05) is 47.8 Å². The largest absolute Gasteiger partial charge is 0.494 e. The number of aromatic nitrogens is 2. The van der Waals surface area contributed by atoms with E-state index in [9.17, 15) is 9.90 Å². The van der Waals surface area contributed by atoms with Gasteiger partial charge in [-0.3, -0.25) is 4.79 Å². The lowest BCUT2D eigenvalue weighted by Gasteiger charge is -2.18. The maximum Gasteiger partial charge on any atom is 0.224 e. The second kappa shape index (κ2) is 13.9. The molecule has 7 nitrogen and oxygen atoms in total. The Bertz CT molecular complexity index is 1380. The van der Waals surface area contributed by atoms with Gasteiger partial charge in [-0.1, -0.05) is 48.5 Å². The number of carbonyl (C=O) groups excluding carboxylic acids is 1. The molecule has 0 aliphatic rings. The molecule has 2 aromatic heterocycles. The summed E-state index contributed by atoms with van der Waals surface area (Å²) in [4.78, 5) is 17.2. The number of aliphatic hydroxyl groups excluding tert-OH is 1. The molecule has 3 N–H and O–H groups in total. The molecule has 0 unspecified atom stereocenters. The molecule has 0 saturated carbocycles. The number of nitrogens with one attached hydrogen (secondary N) is 2. The van der Waals surface area contributed by atoms with Crippen molar-refractivity contribution in [2.45, 2.75) is 59.2 Å². The van der Waals surface area contributed by atoms with Crippen LogP contribution in [0.4, 0.5) is 0 Å². The Balaban J connectivity index is 1.25. The van der Waals surface area contributed by atoms with Crippen LogP contribution in [0.25, 0.3) is 5.82 Å². The van der Waals surface area contributed by atoms with E-state index in [4.69, 9.17) is 4.74 Å². The van der Waals surface area contributed by atoms with Crippen LogP contribution < -0.4 is 15.4 Å². The zero-order valence-electron chi connectivity index (χ0n) is 23.9. The molecule has 2 atom stereocenters. The standard InChI is InChI=1S/C33H40N4O3/c1-5-40-31-12-7-6-11-29(31)21-36-33(39)19-27-10-8-9-26(18-27)17-23(2)34-22-30(38)28-15-16-32(35-20-28)37-24(3)13-14-25(37)4/h6-16,18,20,23,30,34,38H,5,17,19,21-22H2,1-4H3,(H,36,39)/t23-,30+/m1/s1. The molecule has 0 spiro atoms. The van der Waals surface area contributed by atoms with Crippen LogP contribution in [-0.4, -0.2) is 39.8 Å². The molecule has 4 aromatic rings. The maximum atomic E-state index is 12.6. The fraction of sp³-hybridized carbons (Fsp3) is 0.333. The first-order valence-corrected chi connectivity index (χ1v) is 13.9. The van der Waals surface area contributed by atoms with Crippen molar-refractivity contribution in [2.24, 2.45) is 0 Å². The van der Waals surface area contributed by atoms with Crippen molar-refractivity contribution >= 4 is 5.91 Å². The number of aliphatic hydroxyl groups is 1. The molecule has 0 radical (unpaired) electrons. The number of carbonyl (C=O) groups is 1. The van der Waals surface area contributed by atoms with Gasteiger partial charge < -0.3 is 25.0 Å². The third-order valence-electron chi connectivity index (χ3n) is 6.96. The van der Waals surface area contributed by atoms with Crippen molar-refractivity contribution in [1.82, 2.24) is 20.2 Å². The van der Waals surface area contributed by atoms with Crippen LogP contribution in [0.1, 0.15) is 53.6 Å². The van der Waals surface area contributed by atoms with Crippen molar-refractivity contribution in [2.75, 3.05) is 13.2 Å². The third kappa shape index (κ3) is 7.81. The van der Waals surface area contributed by atoms with Gasteiger partial charge in [0.2, 0.25) is 5.91 Å². The summed E-state index contributed by atoms with van der Waals surface area (Å²) in [6.07, 6.45) is 2.19. The first kappa shape index (κ1) is 29.1. The van der Waals surface area contributed by atoms with Crippen LogP contribution in [0.15, 0.2) is 79.0 Å². The highest BCUT2D eigenvalue weighted by Crippen LogP contribution is 2.19. The van der Waals surface area contributed by atoms with Gasteiger partial charge >= 0.3 is 0 Å². The second-order valence-electron chi connectivity index (χ2n) is 10.2. The Hall–Kier alpha value is -3.94. The number of para-hydroxylation sites is 1. The Morgan fingerprint density at radius 1 is 1.00 bits per heavy atom. The molecule has 0 aliphatic carbocycles. The summed E-state index contributed by atoms with van der Waals surface area (Å²) < 4.78 is 7.74. The molecule has 2 heterocycles. The average Bonchev–Trinajstić information content (AvgIpc) is 3.29. The number of nitrogens with zero attached hydrogens (tertiary/aromatic N) is 2. The summed E-state index contributed by atoms with van der Waals surface area (Å²) >= 11 is 0. The number of amides is 1. The summed E-state index contributed by atoms with van der Waals surface area (Å²) in [5.74, 6) is 1.62. The lowest BCUT2D eigenvalue weighted by Crippen LogP contribution is -2.32. The van der Waals surface area contributed by atoms with Crippen LogP contribution in [0.5, 0.6) is 5.75 Å². The van der Waals surface area contributed by atoms with Gasteiger partial charge in [-0.15, -0.1) is 0 Å². The Labute approximate surface area is 237 Å². The maximum absolute atomic E-state index is 12.6. The average molecular weight is 541 g/mol. The van der Waals surface area contributed by atoms with Gasteiger partial charge in [-0.2, -0.15) is 0 Å². The highest BCUT2D eigenvalue weighted by atomic mass is 16.5. The summed E-state index contributed by atoms with van der Waals surface area (Å²) in [6, 6.07) is 24.0. The predicted molar refractivity (Wildman–Crippen MR) is 159 cm³/mol. The van der Waals surface area contributed by atoms with Gasteiger partial charge in [0.15, 0.2) is 0 Å². The molecule has 4 rings (SSSR count). The van der Waals surface area contributed by atoms with E-state index >= 15 is 0 Å². The van der Waals surface area contributed by atoms with E-state index in [0.717, 1.165) is 51.6 Å². The van der Waals surface area contributed by atoms with Crippen molar-refractivity contribution in [3.63, 3.8) is 0 Å². The van der Waals surface area contributed by atoms with Crippen molar-refractivity contribution in [3.05, 3.63) is 113 Å². The fourth-order valence-electron chi connectivity index (χ4n) is 4.87. The lowest BCUT2D eigenvalue weighted by molar-refractivity contribution is -0.120. The van der Waals surface area contributed by atoms with E-state index in [1.54, 1.807) is 6.20 Å². The monoisotopic (exact) mass is 540 g/mol. The molecule has 1 amide bonds. The minimum atomic E-state index is -0.654. The Morgan fingerprint density at radius 2 is 1.75 bits per heavy atom. The normalized spacial score (nSPS) is 12.6. The summed E-state index contributed by atoms with van der Waals surface area (Å²) in [7, 11) is 0. The highest BCUT2D eigenvalue weighted by molar-refractivity contribution is 5.78. The molecule has 0 fully saturated rings. The highest BCUT2D eigenvalue weighted by Gasteiger charge is 2.13. The van der Waals surface area contributed by atoms with Crippen LogP contribution in [0.2, 0.25) is 0 Å². The van der Waals surface area contributed by atoms with Crippen molar-refractivity contribution in [3.8, 4) is 11.6 Å². The van der Waals surface area contributed by atoms with Gasteiger partial charge in [0.05, 0.1) is 19.1 Å². The van der Waals surface area contributed by atoms with Crippen LogP contribution in [0, 0.1) is 13.8 Å². The number of rotatable bonds is 13. The second-order valence-corrected chi connectivity index (χ2v) is 10.2.